The molecule has 6 heteroatoms. The van der Waals surface area contributed by atoms with E-state index in [2.05, 4.69) is 24.5 Å². The predicted octanol–water partition coefficient (Wildman–Crippen LogP) is 3.78. The molecule has 0 bridgehead atoms. The molecule has 1 aliphatic heterocycles. The molecule has 0 fully saturated rings. The van der Waals surface area contributed by atoms with Gasteiger partial charge in [0.15, 0.2) is 0 Å². The first-order valence-corrected chi connectivity index (χ1v) is 11.5. The van der Waals surface area contributed by atoms with Gasteiger partial charge in [-0.1, -0.05) is 42.5 Å². The van der Waals surface area contributed by atoms with Gasteiger partial charge in [-0.15, -0.1) is 22.7 Å². The van der Waals surface area contributed by atoms with Crippen LogP contribution in [-0.4, -0.2) is 24.5 Å². The molecule has 0 radical (unpaired) electrons. The van der Waals surface area contributed by atoms with Crippen molar-refractivity contribution in [3.05, 3.63) is 70.6 Å². The van der Waals surface area contributed by atoms with Crippen LogP contribution in [0.2, 0.25) is 0 Å². The summed E-state index contributed by atoms with van der Waals surface area (Å²) < 4.78 is 1.18. The summed E-state index contributed by atoms with van der Waals surface area (Å²) in [5.41, 5.74) is 4.55. The topological polar surface area (TPSA) is 46.4 Å². The third-order valence-electron chi connectivity index (χ3n) is 5.32. The summed E-state index contributed by atoms with van der Waals surface area (Å²) in [5, 5.41) is 5.17. The fourth-order valence-electron chi connectivity index (χ4n) is 3.87. The van der Waals surface area contributed by atoms with Gasteiger partial charge in [-0.2, -0.15) is 0 Å². The normalized spacial score (nSPS) is 16.0. The summed E-state index contributed by atoms with van der Waals surface area (Å²) >= 11 is 3.43. The number of likely N-dealkylation sites (N-methyl/N-ethyl adjacent to an activating group) is 1. The van der Waals surface area contributed by atoms with E-state index in [9.17, 15) is 4.79 Å². The lowest BCUT2D eigenvalue weighted by Crippen LogP contribution is -3.08. The number of rotatable bonds is 4. The molecule has 1 atom stereocenters. The van der Waals surface area contributed by atoms with E-state index in [1.807, 2.05) is 42.5 Å². The zero-order chi connectivity index (χ0) is 19.8. The van der Waals surface area contributed by atoms with Crippen LogP contribution in [0.4, 0.5) is 5.00 Å². The number of benzene rings is 2. The lowest BCUT2D eigenvalue weighted by molar-refractivity contribution is -0.895. The Bertz CT molecular complexity index is 1150. The quantitative estimate of drug-likeness (QED) is 0.528. The Morgan fingerprint density at radius 2 is 1.90 bits per heavy atom. The minimum absolute atomic E-state index is 0.0258. The molecular formula is C23H22N3OS2+. The summed E-state index contributed by atoms with van der Waals surface area (Å²) in [4.78, 5) is 20.6. The minimum Gasteiger partial charge on any atom is -0.333 e. The van der Waals surface area contributed by atoms with Crippen LogP contribution in [-0.2, 0) is 24.2 Å². The number of carbonyl (C=O) groups is 1. The lowest BCUT2D eigenvalue weighted by Gasteiger charge is -2.19. The fourth-order valence-corrected chi connectivity index (χ4v) is 6.35. The number of quaternary nitrogens is 1. The SMILES string of the molecule is C[NH+]1CCc2c(sc(NC(=O)Cc3ccccc3)c2-c2nc3ccccc3s2)C1. The molecule has 2 aromatic heterocycles. The molecule has 1 unspecified atom stereocenters. The number of nitrogens with one attached hydrogen (secondary N) is 2. The molecule has 4 nitrogen and oxygen atoms in total. The van der Waals surface area contributed by atoms with E-state index in [1.54, 1.807) is 22.7 Å². The summed E-state index contributed by atoms with van der Waals surface area (Å²) in [7, 11) is 2.23. The number of hydrogen-bond acceptors (Lipinski definition) is 4. The highest BCUT2D eigenvalue weighted by molar-refractivity contribution is 7.22. The Labute approximate surface area is 177 Å². The highest BCUT2D eigenvalue weighted by Crippen LogP contribution is 2.44. The maximum absolute atomic E-state index is 12.8. The van der Waals surface area contributed by atoms with E-state index in [1.165, 1.54) is 20.0 Å². The van der Waals surface area contributed by atoms with E-state index >= 15 is 0 Å². The van der Waals surface area contributed by atoms with Crippen molar-refractivity contribution >= 4 is 43.8 Å². The first kappa shape index (κ1) is 18.5. The van der Waals surface area contributed by atoms with Gasteiger partial charge in [0, 0.05) is 12.0 Å². The van der Waals surface area contributed by atoms with Crippen molar-refractivity contribution < 1.29 is 9.69 Å². The van der Waals surface area contributed by atoms with E-state index < -0.39 is 0 Å². The second-order valence-corrected chi connectivity index (χ2v) is 9.67. The molecule has 1 amide bonds. The summed E-state index contributed by atoms with van der Waals surface area (Å²) in [6, 6.07) is 18.1. The Kier molecular flexibility index (Phi) is 4.91. The predicted molar refractivity (Wildman–Crippen MR) is 121 cm³/mol. The summed E-state index contributed by atoms with van der Waals surface area (Å²) in [6.07, 6.45) is 1.41. The van der Waals surface area contributed by atoms with Crippen molar-refractivity contribution in [1.29, 1.82) is 0 Å². The Morgan fingerprint density at radius 1 is 1.10 bits per heavy atom. The van der Waals surface area contributed by atoms with Crippen LogP contribution < -0.4 is 10.2 Å². The van der Waals surface area contributed by atoms with E-state index in [4.69, 9.17) is 4.98 Å². The molecule has 2 aromatic carbocycles. The Balaban J connectivity index is 1.53. The second-order valence-electron chi connectivity index (χ2n) is 7.54. The zero-order valence-corrected chi connectivity index (χ0v) is 17.8. The number of anilines is 1. The molecule has 1 aliphatic rings. The van der Waals surface area contributed by atoms with Crippen LogP contribution in [0.15, 0.2) is 54.6 Å². The number of aromatic nitrogens is 1. The van der Waals surface area contributed by atoms with E-state index in [-0.39, 0.29) is 5.91 Å². The first-order chi connectivity index (χ1) is 14.2. The molecule has 2 N–H and O–H groups in total. The maximum Gasteiger partial charge on any atom is 0.229 e. The molecule has 0 saturated carbocycles. The minimum atomic E-state index is 0.0258. The standard InChI is InChI=1S/C23H21N3OS2/c1-26-12-11-16-19(14-26)29-23(25-20(27)13-15-7-3-2-4-8-15)21(16)22-24-17-9-5-6-10-18(17)28-22/h2-10H,11-14H2,1H3,(H,25,27)/p+1. The van der Waals surface area contributed by atoms with Crippen LogP contribution in [0, 0.1) is 0 Å². The van der Waals surface area contributed by atoms with Crippen molar-refractivity contribution in [3.63, 3.8) is 0 Å². The molecule has 3 heterocycles. The average molecular weight is 421 g/mol. The average Bonchev–Trinajstić information content (AvgIpc) is 3.28. The van der Waals surface area contributed by atoms with E-state index in [0.29, 0.717) is 6.42 Å². The van der Waals surface area contributed by atoms with Crippen molar-refractivity contribution in [2.45, 2.75) is 19.4 Å². The van der Waals surface area contributed by atoms with Gasteiger partial charge in [0.05, 0.1) is 35.1 Å². The molecule has 5 rings (SSSR count). The monoisotopic (exact) mass is 420 g/mol. The van der Waals surface area contributed by atoms with Gasteiger partial charge in [-0.05, 0) is 23.3 Å². The van der Waals surface area contributed by atoms with Gasteiger partial charge < -0.3 is 10.2 Å². The molecule has 0 aliphatic carbocycles. The van der Waals surface area contributed by atoms with Gasteiger partial charge in [0.25, 0.3) is 0 Å². The zero-order valence-electron chi connectivity index (χ0n) is 16.2. The summed E-state index contributed by atoms with van der Waals surface area (Å²) in [6.45, 7) is 2.12. The maximum atomic E-state index is 12.8. The number of hydrogen-bond donors (Lipinski definition) is 2. The third kappa shape index (κ3) is 3.71. The third-order valence-corrected chi connectivity index (χ3v) is 7.52. The van der Waals surface area contributed by atoms with Crippen LogP contribution in [0.3, 0.4) is 0 Å². The number of amides is 1. The van der Waals surface area contributed by atoms with Crippen molar-refractivity contribution in [1.82, 2.24) is 4.98 Å². The molecule has 29 heavy (non-hydrogen) atoms. The smallest absolute Gasteiger partial charge is 0.229 e. The lowest BCUT2D eigenvalue weighted by atomic mass is 10.0. The van der Waals surface area contributed by atoms with Crippen molar-refractivity contribution in [3.8, 4) is 10.6 Å². The van der Waals surface area contributed by atoms with Gasteiger partial charge >= 0.3 is 0 Å². The summed E-state index contributed by atoms with van der Waals surface area (Å²) in [5.74, 6) is 0.0258. The van der Waals surface area contributed by atoms with Crippen LogP contribution in [0.25, 0.3) is 20.8 Å². The van der Waals surface area contributed by atoms with Gasteiger partial charge in [-0.3, -0.25) is 4.79 Å². The van der Waals surface area contributed by atoms with Gasteiger partial charge in [0.2, 0.25) is 5.91 Å². The number of thiophene rings is 1. The fraction of sp³-hybridized carbons (Fsp3) is 0.217. The highest BCUT2D eigenvalue weighted by Gasteiger charge is 2.28. The van der Waals surface area contributed by atoms with Crippen LogP contribution >= 0.6 is 22.7 Å². The van der Waals surface area contributed by atoms with Gasteiger partial charge in [-0.25, -0.2) is 4.98 Å². The number of carbonyl (C=O) groups excluding carboxylic acids is 1. The first-order valence-electron chi connectivity index (χ1n) is 9.83. The largest absolute Gasteiger partial charge is 0.333 e. The molecule has 0 spiro atoms. The van der Waals surface area contributed by atoms with E-state index in [0.717, 1.165) is 46.2 Å². The number of para-hydroxylation sites is 1. The Morgan fingerprint density at radius 3 is 2.72 bits per heavy atom. The molecule has 4 aromatic rings. The number of fused-ring (bicyclic) bond motifs is 2. The van der Waals surface area contributed by atoms with Crippen LogP contribution in [0.1, 0.15) is 16.0 Å². The van der Waals surface area contributed by atoms with Gasteiger partial charge in [0.1, 0.15) is 16.6 Å². The van der Waals surface area contributed by atoms with Crippen LogP contribution in [0.5, 0.6) is 0 Å². The highest BCUT2D eigenvalue weighted by atomic mass is 32.1. The second kappa shape index (κ2) is 7.71. The van der Waals surface area contributed by atoms with Crippen molar-refractivity contribution in [2.75, 3.05) is 18.9 Å². The molecular weight excluding hydrogens is 398 g/mol. The molecule has 0 saturated heterocycles. The number of nitrogens with zero attached hydrogens (tertiary/aromatic N) is 1. The van der Waals surface area contributed by atoms with Crippen molar-refractivity contribution in [2.24, 2.45) is 0 Å². The molecule has 146 valence electrons. The number of thiazole rings is 1. The Hall–Kier alpha value is -2.54.